The number of sulfonamides is 1. The molecule has 7 nitrogen and oxygen atoms in total. The molecule has 1 aliphatic rings. The highest BCUT2D eigenvalue weighted by Gasteiger charge is 2.39. The molecule has 1 aromatic heterocycles. The molecule has 22 heavy (non-hydrogen) atoms. The molecular weight excluding hydrogens is 304 g/mol. The largest absolute Gasteiger partial charge is 0.396 e. The molecular formula is C14H24N4O3S. The zero-order valence-electron chi connectivity index (χ0n) is 13.2. The normalized spacial score (nSPS) is 24.4. The zero-order valence-corrected chi connectivity index (χ0v) is 14.0. The van der Waals surface area contributed by atoms with Crippen LogP contribution >= 0.6 is 0 Å². The highest BCUT2D eigenvalue weighted by molar-refractivity contribution is 7.89. The van der Waals surface area contributed by atoms with E-state index in [1.807, 2.05) is 0 Å². The van der Waals surface area contributed by atoms with Gasteiger partial charge in [-0.3, -0.25) is 0 Å². The van der Waals surface area contributed by atoms with E-state index in [0.717, 1.165) is 6.42 Å². The summed E-state index contributed by atoms with van der Waals surface area (Å²) in [6.45, 7) is 7.01. The highest BCUT2D eigenvalue weighted by atomic mass is 32.2. The Morgan fingerprint density at radius 1 is 1.32 bits per heavy atom. The molecule has 3 N–H and O–H groups in total. The van der Waals surface area contributed by atoms with E-state index in [-0.39, 0.29) is 34.7 Å². The molecule has 0 amide bonds. The number of nitrogens with two attached hydrogens (primary N) is 1. The molecule has 1 aromatic rings. The second-order valence-corrected chi connectivity index (χ2v) is 8.88. The van der Waals surface area contributed by atoms with Gasteiger partial charge in [-0.2, -0.15) is 4.31 Å². The topological polar surface area (TPSA) is 109 Å². The summed E-state index contributed by atoms with van der Waals surface area (Å²) in [5, 5.41) is 9.50. The molecule has 0 bridgehead atoms. The molecule has 0 unspecified atom stereocenters. The summed E-state index contributed by atoms with van der Waals surface area (Å²) in [6.07, 6.45) is 3.28. The van der Waals surface area contributed by atoms with Crippen molar-refractivity contribution in [2.24, 2.45) is 17.3 Å². The summed E-state index contributed by atoms with van der Waals surface area (Å²) in [6, 6.07) is 0. The van der Waals surface area contributed by atoms with E-state index in [1.165, 1.54) is 16.7 Å². The maximum atomic E-state index is 12.8. The predicted octanol–water partition coefficient (Wildman–Crippen LogP) is 0.724. The Morgan fingerprint density at radius 3 is 2.41 bits per heavy atom. The summed E-state index contributed by atoms with van der Waals surface area (Å²) < 4.78 is 26.9. The molecule has 2 rings (SSSR count). The number of nitrogens with zero attached hydrogens (tertiary/aromatic N) is 3. The fraction of sp³-hybridized carbons (Fsp3) is 0.714. The van der Waals surface area contributed by atoms with E-state index in [9.17, 15) is 13.5 Å². The van der Waals surface area contributed by atoms with Gasteiger partial charge in [0.25, 0.3) is 0 Å². The van der Waals surface area contributed by atoms with Crippen molar-refractivity contribution >= 4 is 16.0 Å². The SMILES string of the molecule is CC(C)(C)[C@@H]1C[C@H](CO)CN(S(=O)(=O)c2cnc(N)nc2)C1. The van der Waals surface area contributed by atoms with Crippen LogP contribution in [0.25, 0.3) is 0 Å². The molecule has 8 heteroatoms. The fourth-order valence-electron chi connectivity index (χ4n) is 2.72. The maximum Gasteiger partial charge on any atom is 0.246 e. The van der Waals surface area contributed by atoms with Crippen LogP contribution in [0.15, 0.2) is 17.3 Å². The Morgan fingerprint density at radius 2 is 1.91 bits per heavy atom. The third-order valence-corrected chi connectivity index (χ3v) is 6.06. The molecule has 0 radical (unpaired) electrons. The molecule has 0 aliphatic carbocycles. The van der Waals surface area contributed by atoms with E-state index >= 15 is 0 Å². The van der Waals surface area contributed by atoms with Gasteiger partial charge in [0, 0.05) is 19.7 Å². The van der Waals surface area contributed by atoms with E-state index in [2.05, 4.69) is 30.7 Å². The summed E-state index contributed by atoms with van der Waals surface area (Å²) in [4.78, 5) is 7.55. The summed E-state index contributed by atoms with van der Waals surface area (Å²) in [5.41, 5.74) is 5.38. The minimum absolute atomic E-state index is 0.0170. The number of aromatic nitrogens is 2. The van der Waals surface area contributed by atoms with Gasteiger partial charge in [0.05, 0.1) is 12.4 Å². The molecule has 0 aromatic carbocycles. The monoisotopic (exact) mass is 328 g/mol. The van der Waals surface area contributed by atoms with E-state index < -0.39 is 10.0 Å². The highest BCUT2D eigenvalue weighted by Crippen LogP contribution is 2.37. The third-order valence-electron chi connectivity index (χ3n) is 4.27. The van der Waals surface area contributed by atoms with Crippen LogP contribution in [0.1, 0.15) is 27.2 Å². The first kappa shape index (κ1) is 17.1. The van der Waals surface area contributed by atoms with Crippen molar-refractivity contribution in [1.82, 2.24) is 14.3 Å². The van der Waals surface area contributed by atoms with Crippen molar-refractivity contribution in [1.29, 1.82) is 0 Å². The fourth-order valence-corrected chi connectivity index (χ4v) is 4.18. The lowest BCUT2D eigenvalue weighted by molar-refractivity contribution is 0.0773. The van der Waals surface area contributed by atoms with Gasteiger partial charge >= 0.3 is 0 Å². The quantitative estimate of drug-likeness (QED) is 0.846. The third kappa shape index (κ3) is 3.56. The molecule has 1 aliphatic heterocycles. The van der Waals surface area contributed by atoms with Crippen molar-refractivity contribution in [3.63, 3.8) is 0 Å². The van der Waals surface area contributed by atoms with Gasteiger partial charge in [-0.25, -0.2) is 18.4 Å². The van der Waals surface area contributed by atoms with E-state index in [1.54, 1.807) is 0 Å². The summed E-state index contributed by atoms with van der Waals surface area (Å²) >= 11 is 0. The summed E-state index contributed by atoms with van der Waals surface area (Å²) in [5.74, 6) is 0.170. The first-order chi connectivity index (χ1) is 10.1. The number of nitrogen functional groups attached to an aromatic ring is 1. The minimum Gasteiger partial charge on any atom is -0.396 e. The van der Waals surface area contributed by atoms with E-state index in [0.29, 0.717) is 13.1 Å². The molecule has 2 atom stereocenters. The van der Waals surface area contributed by atoms with Gasteiger partial charge in [-0.1, -0.05) is 20.8 Å². The van der Waals surface area contributed by atoms with Crippen molar-refractivity contribution in [2.45, 2.75) is 32.1 Å². The van der Waals surface area contributed by atoms with Gasteiger partial charge in [0.2, 0.25) is 16.0 Å². The van der Waals surface area contributed by atoms with Gasteiger partial charge in [0.15, 0.2) is 0 Å². The van der Waals surface area contributed by atoms with Crippen LogP contribution in [0, 0.1) is 17.3 Å². The minimum atomic E-state index is -3.67. The number of piperidine rings is 1. The van der Waals surface area contributed by atoms with Crippen molar-refractivity contribution in [3.05, 3.63) is 12.4 Å². The number of hydrogen-bond donors (Lipinski definition) is 2. The molecule has 0 saturated carbocycles. The molecule has 1 saturated heterocycles. The number of hydrogen-bond acceptors (Lipinski definition) is 6. The molecule has 2 heterocycles. The zero-order chi connectivity index (χ0) is 16.5. The Bertz CT molecular complexity index is 610. The Kier molecular flexibility index (Phi) is 4.74. The standard InChI is InChI=1S/C14H24N4O3S/c1-14(2,3)11-4-10(9-19)7-18(8-11)22(20,21)12-5-16-13(15)17-6-12/h5-6,10-11,19H,4,7-9H2,1-3H3,(H2,15,16,17)/t10-,11+/m0/s1. The Labute approximate surface area is 131 Å². The lowest BCUT2D eigenvalue weighted by atomic mass is 9.74. The van der Waals surface area contributed by atoms with Crippen LogP contribution in [0.4, 0.5) is 5.95 Å². The number of rotatable bonds is 3. The second kappa shape index (κ2) is 6.10. The van der Waals surface area contributed by atoms with Crippen LogP contribution in [-0.4, -0.2) is 47.5 Å². The average Bonchev–Trinajstić information content (AvgIpc) is 2.46. The van der Waals surface area contributed by atoms with Gasteiger partial charge in [-0.15, -0.1) is 0 Å². The van der Waals surface area contributed by atoms with Gasteiger partial charge in [-0.05, 0) is 23.7 Å². The first-order valence-corrected chi connectivity index (χ1v) is 8.77. The van der Waals surface area contributed by atoms with Crippen LogP contribution in [0.2, 0.25) is 0 Å². The lowest BCUT2D eigenvalue weighted by Crippen LogP contribution is -2.48. The van der Waals surface area contributed by atoms with Crippen molar-refractivity contribution < 1.29 is 13.5 Å². The molecule has 1 fully saturated rings. The van der Waals surface area contributed by atoms with E-state index in [4.69, 9.17) is 5.73 Å². The Hall–Kier alpha value is -1.25. The Balaban J connectivity index is 2.30. The van der Waals surface area contributed by atoms with Crippen LogP contribution in [0.5, 0.6) is 0 Å². The van der Waals surface area contributed by atoms with Gasteiger partial charge < -0.3 is 10.8 Å². The second-order valence-electron chi connectivity index (χ2n) is 6.95. The summed E-state index contributed by atoms with van der Waals surface area (Å²) in [7, 11) is -3.67. The number of anilines is 1. The number of aliphatic hydroxyl groups excluding tert-OH is 1. The van der Waals surface area contributed by atoms with Crippen LogP contribution in [-0.2, 0) is 10.0 Å². The molecule has 124 valence electrons. The van der Waals surface area contributed by atoms with Crippen LogP contribution < -0.4 is 5.73 Å². The van der Waals surface area contributed by atoms with Crippen molar-refractivity contribution in [3.8, 4) is 0 Å². The van der Waals surface area contributed by atoms with Crippen LogP contribution in [0.3, 0.4) is 0 Å². The lowest BCUT2D eigenvalue weighted by Gasteiger charge is -2.42. The predicted molar refractivity (Wildman–Crippen MR) is 83.3 cm³/mol. The number of aliphatic hydroxyl groups is 1. The maximum absolute atomic E-state index is 12.8. The average molecular weight is 328 g/mol. The molecule has 0 spiro atoms. The van der Waals surface area contributed by atoms with Gasteiger partial charge in [0.1, 0.15) is 4.90 Å². The first-order valence-electron chi connectivity index (χ1n) is 7.33. The van der Waals surface area contributed by atoms with Crippen molar-refractivity contribution in [2.75, 3.05) is 25.4 Å². The smallest absolute Gasteiger partial charge is 0.246 e.